The van der Waals surface area contributed by atoms with Crippen molar-refractivity contribution in [1.29, 1.82) is 0 Å². The molecule has 1 fully saturated rings. The van der Waals surface area contributed by atoms with Crippen molar-refractivity contribution in [3.05, 3.63) is 50.6 Å². The molecule has 0 spiro atoms. The number of carbonyl (C=O) groups excluding carboxylic acids is 1. The Morgan fingerprint density at radius 1 is 1.19 bits per heavy atom. The molecule has 5 nitrogen and oxygen atoms in total. The van der Waals surface area contributed by atoms with E-state index in [0.717, 1.165) is 60.0 Å². The summed E-state index contributed by atoms with van der Waals surface area (Å²) in [6.07, 6.45) is -0.446. The van der Waals surface area contributed by atoms with Gasteiger partial charge in [-0.05, 0) is 49.4 Å². The van der Waals surface area contributed by atoms with Gasteiger partial charge in [-0.1, -0.05) is 17.8 Å². The molecular formula is C21H17F3N2O3S2. The van der Waals surface area contributed by atoms with Gasteiger partial charge in [0, 0.05) is 11.3 Å². The number of alkyl halides is 3. The molecule has 1 aromatic carbocycles. The van der Waals surface area contributed by atoms with Crippen LogP contribution in [-0.2, 0) is 28.5 Å². The molecule has 3 aromatic rings. The van der Waals surface area contributed by atoms with Crippen molar-refractivity contribution < 1.29 is 22.7 Å². The van der Waals surface area contributed by atoms with Gasteiger partial charge in [0.15, 0.2) is 5.16 Å². The van der Waals surface area contributed by atoms with Gasteiger partial charge in [-0.2, -0.15) is 13.2 Å². The van der Waals surface area contributed by atoms with Crippen LogP contribution < -0.4 is 5.56 Å². The van der Waals surface area contributed by atoms with Crippen molar-refractivity contribution in [2.75, 3.05) is 6.61 Å². The Morgan fingerprint density at radius 3 is 2.74 bits per heavy atom. The molecule has 0 saturated carbocycles. The Kier molecular flexibility index (Phi) is 5.09. The molecule has 5 rings (SSSR count). The first-order chi connectivity index (χ1) is 14.8. The second-order valence-corrected chi connectivity index (χ2v) is 9.79. The minimum absolute atomic E-state index is 0.0823. The Hall–Kier alpha value is -2.33. The normalized spacial score (nSPS) is 18.9. The molecule has 1 unspecified atom stereocenters. The number of ether oxygens (including phenoxy) is 1. The number of fused-ring (bicyclic) bond motifs is 3. The lowest BCUT2D eigenvalue weighted by molar-refractivity contribution is -0.138. The van der Waals surface area contributed by atoms with Crippen LogP contribution >= 0.6 is 23.1 Å². The number of aromatic nitrogens is 2. The number of cyclic esters (lactones) is 1. The minimum atomic E-state index is -4.54. The Balaban J connectivity index is 1.74. The number of hydrogen-bond donors (Lipinski definition) is 0. The Labute approximate surface area is 183 Å². The minimum Gasteiger partial charge on any atom is -0.465 e. The van der Waals surface area contributed by atoms with Gasteiger partial charge >= 0.3 is 12.1 Å². The summed E-state index contributed by atoms with van der Waals surface area (Å²) in [4.78, 5) is 32.0. The van der Waals surface area contributed by atoms with Crippen molar-refractivity contribution in [2.24, 2.45) is 0 Å². The summed E-state index contributed by atoms with van der Waals surface area (Å²) >= 11 is 2.54. The summed E-state index contributed by atoms with van der Waals surface area (Å²) in [7, 11) is 0. The molecule has 0 N–H and O–H groups in total. The SMILES string of the molecule is O=C1OCCC1Sc1nc2sc3c(c2c(=O)n1-c1cccc(C(F)(F)F)c1)CCCC3. The van der Waals surface area contributed by atoms with Crippen LogP contribution in [0.2, 0.25) is 0 Å². The summed E-state index contributed by atoms with van der Waals surface area (Å²) in [5.74, 6) is -0.402. The molecule has 1 atom stereocenters. The zero-order valence-electron chi connectivity index (χ0n) is 16.2. The van der Waals surface area contributed by atoms with Crippen molar-refractivity contribution in [1.82, 2.24) is 9.55 Å². The van der Waals surface area contributed by atoms with Crippen LogP contribution in [0, 0.1) is 0 Å². The highest BCUT2D eigenvalue weighted by molar-refractivity contribution is 8.00. The van der Waals surface area contributed by atoms with Crippen LogP contribution in [0.1, 0.15) is 35.3 Å². The third-order valence-electron chi connectivity index (χ3n) is 5.52. The molecule has 1 aliphatic carbocycles. The van der Waals surface area contributed by atoms with Gasteiger partial charge in [0.1, 0.15) is 10.1 Å². The lowest BCUT2D eigenvalue weighted by Crippen LogP contribution is -2.24. The average molecular weight is 467 g/mol. The van der Waals surface area contributed by atoms with E-state index in [0.29, 0.717) is 16.6 Å². The van der Waals surface area contributed by atoms with Gasteiger partial charge in [-0.15, -0.1) is 11.3 Å². The molecule has 0 radical (unpaired) electrons. The van der Waals surface area contributed by atoms with E-state index in [1.165, 1.54) is 28.0 Å². The van der Waals surface area contributed by atoms with Crippen LogP contribution in [0.15, 0.2) is 34.2 Å². The Bertz CT molecular complexity index is 1250. The first-order valence-corrected chi connectivity index (χ1v) is 11.6. The van der Waals surface area contributed by atoms with E-state index in [-0.39, 0.29) is 17.5 Å². The van der Waals surface area contributed by atoms with E-state index in [9.17, 15) is 22.8 Å². The number of halogens is 3. The van der Waals surface area contributed by atoms with Gasteiger partial charge in [-0.25, -0.2) is 4.98 Å². The number of thioether (sulfide) groups is 1. The van der Waals surface area contributed by atoms with E-state index in [2.05, 4.69) is 4.98 Å². The average Bonchev–Trinajstić information content (AvgIpc) is 3.30. The molecule has 3 heterocycles. The van der Waals surface area contributed by atoms with Gasteiger partial charge < -0.3 is 4.74 Å². The fraction of sp³-hybridized carbons (Fsp3) is 0.381. The predicted molar refractivity (Wildman–Crippen MR) is 112 cm³/mol. The number of esters is 1. The number of hydrogen-bond acceptors (Lipinski definition) is 6. The number of carbonyl (C=O) groups is 1. The molecule has 162 valence electrons. The fourth-order valence-electron chi connectivity index (χ4n) is 4.03. The van der Waals surface area contributed by atoms with E-state index < -0.39 is 28.5 Å². The summed E-state index contributed by atoms with van der Waals surface area (Å²) in [5, 5.41) is 0.144. The summed E-state index contributed by atoms with van der Waals surface area (Å²) in [5.41, 5.74) is -0.196. The quantitative estimate of drug-likeness (QED) is 0.412. The number of benzene rings is 1. The molecule has 2 aliphatic rings. The van der Waals surface area contributed by atoms with Crippen LogP contribution in [0.4, 0.5) is 13.2 Å². The number of aryl methyl sites for hydroxylation is 2. The van der Waals surface area contributed by atoms with E-state index >= 15 is 0 Å². The van der Waals surface area contributed by atoms with E-state index in [4.69, 9.17) is 4.74 Å². The van der Waals surface area contributed by atoms with Crippen molar-refractivity contribution in [2.45, 2.75) is 48.7 Å². The second-order valence-electron chi connectivity index (χ2n) is 7.54. The maximum absolute atomic E-state index is 13.6. The molecule has 1 aliphatic heterocycles. The largest absolute Gasteiger partial charge is 0.465 e. The van der Waals surface area contributed by atoms with Crippen molar-refractivity contribution in [3.63, 3.8) is 0 Å². The monoisotopic (exact) mass is 466 g/mol. The van der Waals surface area contributed by atoms with E-state index in [1.807, 2.05) is 0 Å². The third kappa shape index (κ3) is 3.65. The number of thiophene rings is 1. The molecule has 10 heteroatoms. The zero-order valence-corrected chi connectivity index (χ0v) is 17.8. The van der Waals surface area contributed by atoms with Gasteiger partial charge in [0.2, 0.25) is 0 Å². The summed E-state index contributed by atoms with van der Waals surface area (Å²) < 4.78 is 46.2. The second kappa shape index (κ2) is 7.67. The van der Waals surface area contributed by atoms with E-state index in [1.54, 1.807) is 0 Å². The van der Waals surface area contributed by atoms with Crippen molar-refractivity contribution in [3.8, 4) is 5.69 Å². The van der Waals surface area contributed by atoms with Crippen LogP contribution in [0.25, 0.3) is 15.9 Å². The Morgan fingerprint density at radius 2 is 2.00 bits per heavy atom. The highest BCUT2D eigenvalue weighted by atomic mass is 32.2. The predicted octanol–water partition coefficient (Wildman–Crippen LogP) is 4.75. The zero-order chi connectivity index (χ0) is 21.8. The van der Waals surface area contributed by atoms with Gasteiger partial charge in [0.05, 0.1) is 23.2 Å². The first kappa shape index (κ1) is 20.6. The summed E-state index contributed by atoms with van der Waals surface area (Å²) in [6.45, 7) is 0.278. The topological polar surface area (TPSA) is 61.2 Å². The maximum Gasteiger partial charge on any atom is 0.416 e. The molecule has 0 bridgehead atoms. The standard InChI is InChI=1S/C21H17F3N2O3S2/c22-21(23,24)11-4-3-5-12(10-11)26-18(27)16-13-6-1-2-7-14(13)30-17(16)25-20(26)31-15-8-9-29-19(15)28/h3-5,10,15H,1-2,6-9H2. The maximum atomic E-state index is 13.6. The first-order valence-electron chi connectivity index (χ1n) is 9.91. The van der Waals surface area contributed by atoms with Gasteiger partial charge in [-0.3, -0.25) is 14.2 Å². The lowest BCUT2D eigenvalue weighted by Gasteiger charge is -2.16. The molecular weight excluding hydrogens is 449 g/mol. The highest BCUT2D eigenvalue weighted by Gasteiger charge is 2.33. The molecule has 0 amide bonds. The van der Waals surface area contributed by atoms with Crippen molar-refractivity contribution >= 4 is 39.3 Å². The van der Waals surface area contributed by atoms with Gasteiger partial charge in [0.25, 0.3) is 5.56 Å². The third-order valence-corrected chi connectivity index (χ3v) is 7.91. The fourth-order valence-corrected chi connectivity index (χ4v) is 6.41. The number of nitrogens with zero attached hydrogens (tertiary/aromatic N) is 2. The molecule has 31 heavy (non-hydrogen) atoms. The smallest absolute Gasteiger partial charge is 0.416 e. The number of rotatable bonds is 3. The summed E-state index contributed by atoms with van der Waals surface area (Å²) in [6, 6.07) is 4.65. The molecule has 2 aromatic heterocycles. The highest BCUT2D eigenvalue weighted by Crippen LogP contribution is 2.37. The van der Waals surface area contributed by atoms with Crippen LogP contribution in [0.5, 0.6) is 0 Å². The lowest BCUT2D eigenvalue weighted by atomic mass is 9.97. The molecule has 1 saturated heterocycles. The van der Waals surface area contributed by atoms with Crippen LogP contribution in [0.3, 0.4) is 0 Å². The van der Waals surface area contributed by atoms with Crippen LogP contribution in [-0.4, -0.2) is 27.4 Å².